The number of amides is 1. The molecule has 1 amide bonds. The van der Waals surface area contributed by atoms with E-state index in [4.69, 9.17) is 4.74 Å². The molecular weight excluding hydrogens is 242 g/mol. The van der Waals surface area contributed by atoms with Gasteiger partial charge in [0.25, 0.3) is 5.91 Å². The van der Waals surface area contributed by atoms with Crippen LogP contribution in [0.1, 0.15) is 37.8 Å². The van der Waals surface area contributed by atoms with Crippen molar-refractivity contribution in [2.45, 2.75) is 33.1 Å². The number of methoxy groups -OCH3 is 1. The number of benzene rings is 1. The van der Waals surface area contributed by atoms with Gasteiger partial charge in [0.2, 0.25) is 5.78 Å². The van der Waals surface area contributed by atoms with Crippen molar-refractivity contribution < 1.29 is 14.3 Å². The zero-order valence-electron chi connectivity index (χ0n) is 11.9. The molecule has 0 spiro atoms. The van der Waals surface area contributed by atoms with Crippen molar-refractivity contribution in [1.29, 1.82) is 0 Å². The third kappa shape index (κ3) is 4.39. The maximum atomic E-state index is 11.2. The topological polar surface area (TPSA) is 55.4 Å². The van der Waals surface area contributed by atoms with Crippen LogP contribution in [0.15, 0.2) is 18.2 Å². The molecular formula is C15H21NO3. The molecule has 1 rings (SSSR count). The van der Waals surface area contributed by atoms with Gasteiger partial charge in [-0.05, 0) is 29.5 Å². The van der Waals surface area contributed by atoms with Crippen LogP contribution in [0.2, 0.25) is 0 Å². The lowest BCUT2D eigenvalue weighted by molar-refractivity contribution is -0.136. The Bertz CT molecular complexity index is 466. The second kappa shape index (κ2) is 6.92. The number of carbonyl (C=O) groups is 2. The summed E-state index contributed by atoms with van der Waals surface area (Å²) in [5.41, 5.74) is 2.27. The largest absolute Gasteiger partial charge is 0.496 e. The minimum absolute atomic E-state index is 0.427. The first kappa shape index (κ1) is 15.2. The molecule has 0 aromatic heterocycles. The lowest BCUT2D eigenvalue weighted by Gasteiger charge is -2.13. The van der Waals surface area contributed by atoms with Gasteiger partial charge >= 0.3 is 0 Å². The third-order valence-electron chi connectivity index (χ3n) is 2.97. The van der Waals surface area contributed by atoms with E-state index < -0.39 is 11.7 Å². The maximum absolute atomic E-state index is 11.2. The Kier molecular flexibility index (Phi) is 5.55. The number of Topliss-reactive ketones (excluding diaryl/α,β-unsaturated/α-hetero) is 1. The van der Waals surface area contributed by atoms with Crippen LogP contribution in [-0.4, -0.2) is 25.3 Å². The minimum atomic E-state index is -0.543. The molecule has 4 nitrogen and oxygen atoms in total. The van der Waals surface area contributed by atoms with Crippen LogP contribution in [0, 0.1) is 0 Å². The van der Waals surface area contributed by atoms with Gasteiger partial charge < -0.3 is 10.1 Å². The zero-order valence-corrected chi connectivity index (χ0v) is 11.9. The number of nitrogens with one attached hydrogen (secondary N) is 1. The predicted octanol–water partition coefficient (Wildman–Crippen LogP) is 2.07. The Morgan fingerprint density at radius 3 is 2.53 bits per heavy atom. The molecule has 1 N–H and O–H groups in total. The summed E-state index contributed by atoms with van der Waals surface area (Å²) in [6.07, 6.45) is 0.642. The summed E-state index contributed by atoms with van der Waals surface area (Å²) in [5, 5.41) is 2.59. The maximum Gasteiger partial charge on any atom is 0.287 e. The summed E-state index contributed by atoms with van der Waals surface area (Å²) in [7, 11) is 1.63. The highest BCUT2D eigenvalue weighted by Crippen LogP contribution is 2.24. The van der Waals surface area contributed by atoms with Gasteiger partial charge in [0.15, 0.2) is 0 Å². The van der Waals surface area contributed by atoms with E-state index >= 15 is 0 Å². The number of rotatable bonds is 6. The first-order valence-electron chi connectivity index (χ1n) is 6.41. The second-order valence-electron chi connectivity index (χ2n) is 4.79. The third-order valence-corrected chi connectivity index (χ3v) is 2.97. The van der Waals surface area contributed by atoms with E-state index in [9.17, 15) is 9.59 Å². The first-order valence-corrected chi connectivity index (χ1v) is 6.41. The van der Waals surface area contributed by atoms with Gasteiger partial charge in [0.1, 0.15) is 5.75 Å². The molecule has 1 aromatic carbocycles. The van der Waals surface area contributed by atoms with Gasteiger partial charge in [-0.1, -0.05) is 26.0 Å². The van der Waals surface area contributed by atoms with Crippen molar-refractivity contribution >= 4 is 11.7 Å². The summed E-state index contributed by atoms with van der Waals surface area (Å²) in [6, 6.07) is 6.07. The van der Waals surface area contributed by atoms with Crippen molar-refractivity contribution in [3.05, 3.63) is 29.3 Å². The zero-order chi connectivity index (χ0) is 14.4. The first-order chi connectivity index (χ1) is 8.95. The second-order valence-corrected chi connectivity index (χ2v) is 4.79. The molecule has 0 radical (unpaired) electrons. The molecule has 4 heteroatoms. The summed E-state index contributed by atoms with van der Waals surface area (Å²) < 4.78 is 5.31. The Balaban J connectivity index is 2.72. The molecule has 0 saturated carbocycles. The normalized spacial score (nSPS) is 10.4. The summed E-state index contributed by atoms with van der Waals surface area (Å²) in [4.78, 5) is 22.0. The predicted molar refractivity (Wildman–Crippen MR) is 74.5 cm³/mol. The van der Waals surface area contributed by atoms with E-state index in [0.29, 0.717) is 18.9 Å². The van der Waals surface area contributed by atoms with Gasteiger partial charge in [0.05, 0.1) is 7.11 Å². The summed E-state index contributed by atoms with van der Waals surface area (Å²) >= 11 is 0. The number of ether oxygens (including phenoxy) is 1. The van der Waals surface area contributed by atoms with Gasteiger partial charge in [-0.3, -0.25) is 9.59 Å². The highest BCUT2D eigenvalue weighted by Gasteiger charge is 2.09. The quantitative estimate of drug-likeness (QED) is 0.799. The highest BCUT2D eigenvalue weighted by atomic mass is 16.5. The fraction of sp³-hybridized carbons (Fsp3) is 0.467. The Hall–Kier alpha value is -1.84. The Labute approximate surface area is 114 Å². The Morgan fingerprint density at radius 2 is 2.00 bits per heavy atom. The van der Waals surface area contributed by atoms with E-state index in [0.717, 1.165) is 11.3 Å². The highest BCUT2D eigenvalue weighted by molar-refractivity contribution is 6.35. The SMILES string of the molecule is COc1ccc(C(C)C)cc1CCNC(=O)C(C)=O. The van der Waals surface area contributed by atoms with E-state index in [1.54, 1.807) is 7.11 Å². The molecule has 0 saturated heterocycles. The standard InChI is InChI=1S/C15H21NO3/c1-10(2)12-5-6-14(19-4)13(9-12)7-8-16-15(18)11(3)17/h5-6,9-10H,7-8H2,1-4H3,(H,16,18). The van der Waals surface area contributed by atoms with Crippen LogP contribution >= 0.6 is 0 Å². The van der Waals surface area contributed by atoms with Crippen LogP contribution in [0.4, 0.5) is 0 Å². The molecule has 0 unspecified atom stereocenters. The van der Waals surface area contributed by atoms with E-state index in [-0.39, 0.29) is 0 Å². The summed E-state index contributed by atoms with van der Waals surface area (Å²) in [6.45, 7) is 5.94. The van der Waals surface area contributed by atoms with Crippen LogP contribution in [-0.2, 0) is 16.0 Å². The molecule has 19 heavy (non-hydrogen) atoms. The fourth-order valence-electron chi connectivity index (χ4n) is 1.79. The molecule has 0 heterocycles. The van der Waals surface area contributed by atoms with Gasteiger partial charge in [-0.2, -0.15) is 0 Å². The van der Waals surface area contributed by atoms with Crippen molar-refractivity contribution in [1.82, 2.24) is 5.32 Å². The van der Waals surface area contributed by atoms with E-state index in [1.165, 1.54) is 12.5 Å². The molecule has 0 bridgehead atoms. The van der Waals surface area contributed by atoms with Crippen LogP contribution in [0.5, 0.6) is 5.75 Å². The number of hydrogen-bond acceptors (Lipinski definition) is 3. The van der Waals surface area contributed by atoms with E-state index in [2.05, 4.69) is 25.2 Å². The van der Waals surface area contributed by atoms with Gasteiger partial charge in [-0.15, -0.1) is 0 Å². The van der Waals surface area contributed by atoms with Crippen molar-refractivity contribution in [3.63, 3.8) is 0 Å². The number of ketones is 1. The number of carbonyl (C=O) groups excluding carboxylic acids is 2. The average molecular weight is 263 g/mol. The molecule has 104 valence electrons. The smallest absolute Gasteiger partial charge is 0.287 e. The molecule has 0 aliphatic rings. The fourth-order valence-corrected chi connectivity index (χ4v) is 1.79. The summed E-state index contributed by atoms with van der Waals surface area (Å²) in [5.74, 6) is 0.236. The lowest BCUT2D eigenvalue weighted by Crippen LogP contribution is -2.30. The van der Waals surface area contributed by atoms with Crippen molar-refractivity contribution in [2.24, 2.45) is 0 Å². The minimum Gasteiger partial charge on any atom is -0.496 e. The monoisotopic (exact) mass is 263 g/mol. The van der Waals surface area contributed by atoms with Gasteiger partial charge in [0, 0.05) is 13.5 Å². The molecule has 0 aliphatic carbocycles. The average Bonchev–Trinajstić information content (AvgIpc) is 2.38. The molecule has 0 atom stereocenters. The molecule has 0 aliphatic heterocycles. The van der Waals surface area contributed by atoms with Crippen molar-refractivity contribution in [2.75, 3.05) is 13.7 Å². The van der Waals surface area contributed by atoms with Crippen LogP contribution in [0.3, 0.4) is 0 Å². The van der Waals surface area contributed by atoms with Crippen molar-refractivity contribution in [3.8, 4) is 5.75 Å². The van der Waals surface area contributed by atoms with E-state index in [1.807, 2.05) is 12.1 Å². The molecule has 1 aromatic rings. The Morgan fingerprint density at radius 1 is 1.32 bits per heavy atom. The molecule has 0 fully saturated rings. The number of hydrogen-bond donors (Lipinski definition) is 1. The lowest BCUT2D eigenvalue weighted by atomic mass is 9.99. The van der Waals surface area contributed by atoms with Gasteiger partial charge in [-0.25, -0.2) is 0 Å². The van der Waals surface area contributed by atoms with Crippen LogP contribution in [0.25, 0.3) is 0 Å². The van der Waals surface area contributed by atoms with Crippen LogP contribution < -0.4 is 10.1 Å².